The number of hydrogen-bond donors (Lipinski definition) is 1. The van der Waals surface area contributed by atoms with Gasteiger partial charge in [0.15, 0.2) is 0 Å². The summed E-state index contributed by atoms with van der Waals surface area (Å²) < 4.78 is 10.6. The summed E-state index contributed by atoms with van der Waals surface area (Å²) in [5, 5.41) is 3.17. The molecule has 1 aliphatic rings. The van der Waals surface area contributed by atoms with Gasteiger partial charge >= 0.3 is 5.97 Å². The van der Waals surface area contributed by atoms with E-state index in [0.29, 0.717) is 13.2 Å². The second-order valence-electron chi connectivity index (χ2n) is 4.92. The molecule has 4 heteroatoms. The molecule has 0 bridgehead atoms. The summed E-state index contributed by atoms with van der Waals surface area (Å²) in [5.74, 6) is 0.657. The monoisotopic (exact) mass is 257 g/mol. The van der Waals surface area contributed by atoms with Crippen molar-refractivity contribution in [1.29, 1.82) is 0 Å². The van der Waals surface area contributed by atoms with Crippen molar-refractivity contribution in [2.24, 2.45) is 5.92 Å². The predicted molar refractivity (Wildman–Crippen MR) is 71.5 cm³/mol. The smallest absolute Gasteiger partial charge is 0.325 e. The largest absolute Gasteiger partial charge is 0.465 e. The van der Waals surface area contributed by atoms with Crippen LogP contribution in [0.2, 0.25) is 0 Å². The lowest BCUT2D eigenvalue weighted by Gasteiger charge is -2.25. The molecule has 18 heavy (non-hydrogen) atoms. The van der Waals surface area contributed by atoms with Gasteiger partial charge in [0.25, 0.3) is 0 Å². The average molecular weight is 257 g/mol. The molecule has 0 aliphatic heterocycles. The Kier molecular flexibility index (Phi) is 8.01. The van der Waals surface area contributed by atoms with Crippen molar-refractivity contribution in [1.82, 2.24) is 5.32 Å². The highest BCUT2D eigenvalue weighted by Gasteiger charge is 2.20. The van der Waals surface area contributed by atoms with Gasteiger partial charge < -0.3 is 14.8 Å². The molecule has 0 aromatic heterocycles. The highest BCUT2D eigenvalue weighted by Crippen LogP contribution is 2.29. The van der Waals surface area contributed by atoms with Crippen molar-refractivity contribution in [2.75, 3.05) is 26.4 Å². The third kappa shape index (κ3) is 5.83. The van der Waals surface area contributed by atoms with Gasteiger partial charge in [-0.15, -0.1) is 0 Å². The van der Waals surface area contributed by atoms with E-state index in [-0.39, 0.29) is 12.0 Å². The Morgan fingerprint density at radius 3 is 2.72 bits per heavy atom. The second kappa shape index (κ2) is 9.34. The minimum Gasteiger partial charge on any atom is -0.465 e. The van der Waals surface area contributed by atoms with E-state index < -0.39 is 0 Å². The molecule has 106 valence electrons. The van der Waals surface area contributed by atoms with E-state index in [2.05, 4.69) is 12.2 Å². The van der Waals surface area contributed by atoms with Crippen molar-refractivity contribution in [2.45, 2.75) is 52.0 Å². The van der Waals surface area contributed by atoms with Crippen LogP contribution in [0.3, 0.4) is 0 Å². The Bertz CT molecular complexity index is 229. The van der Waals surface area contributed by atoms with Gasteiger partial charge in [-0.1, -0.05) is 26.2 Å². The zero-order valence-electron chi connectivity index (χ0n) is 11.7. The van der Waals surface area contributed by atoms with Gasteiger partial charge in [-0.05, 0) is 32.2 Å². The van der Waals surface area contributed by atoms with Gasteiger partial charge in [0.2, 0.25) is 0 Å². The normalized spacial score (nSPS) is 17.2. The van der Waals surface area contributed by atoms with E-state index in [1.165, 1.54) is 19.3 Å². The van der Waals surface area contributed by atoms with E-state index in [1.54, 1.807) is 0 Å². The minimum absolute atomic E-state index is 0.199. The maximum atomic E-state index is 11.7. The number of rotatable bonds is 10. The van der Waals surface area contributed by atoms with E-state index >= 15 is 0 Å². The molecule has 0 radical (unpaired) electrons. The summed E-state index contributed by atoms with van der Waals surface area (Å²) in [6, 6.07) is -0.314. The lowest BCUT2D eigenvalue weighted by Crippen LogP contribution is -2.42. The minimum atomic E-state index is -0.314. The maximum Gasteiger partial charge on any atom is 0.325 e. The van der Waals surface area contributed by atoms with Gasteiger partial charge in [0.05, 0.1) is 13.2 Å². The number of carbonyl (C=O) groups is 1. The molecule has 1 rings (SSSR count). The Morgan fingerprint density at radius 1 is 1.39 bits per heavy atom. The van der Waals surface area contributed by atoms with Crippen LogP contribution in [-0.2, 0) is 14.3 Å². The van der Waals surface area contributed by atoms with Gasteiger partial charge in [-0.25, -0.2) is 0 Å². The van der Waals surface area contributed by atoms with Crippen molar-refractivity contribution < 1.29 is 14.3 Å². The summed E-state index contributed by atoms with van der Waals surface area (Å²) >= 11 is 0. The Hall–Kier alpha value is -0.610. The van der Waals surface area contributed by atoms with E-state index in [1.807, 2.05) is 6.92 Å². The zero-order valence-corrected chi connectivity index (χ0v) is 11.7. The Labute approximate surface area is 110 Å². The van der Waals surface area contributed by atoms with Gasteiger partial charge in [-0.2, -0.15) is 0 Å². The number of ether oxygens (including phenoxy) is 2. The molecule has 1 unspecified atom stereocenters. The van der Waals surface area contributed by atoms with Crippen molar-refractivity contribution in [3.63, 3.8) is 0 Å². The molecular formula is C14H27NO3. The number of carbonyl (C=O) groups excluding carboxylic acids is 1. The summed E-state index contributed by atoms with van der Waals surface area (Å²) in [5.41, 5.74) is 0. The van der Waals surface area contributed by atoms with Crippen LogP contribution in [0.25, 0.3) is 0 Å². The first kappa shape index (κ1) is 15.4. The van der Waals surface area contributed by atoms with Gasteiger partial charge in [-0.3, -0.25) is 4.79 Å². The molecule has 1 N–H and O–H groups in total. The Balaban J connectivity index is 2.14. The third-order valence-electron chi connectivity index (χ3n) is 3.39. The molecule has 4 nitrogen and oxygen atoms in total. The first-order chi connectivity index (χ1) is 8.77. The van der Waals surface area contributed by atoms with Crippen LogP contribution in [0.15, 0.2) is 0 Å². The average Bonchev–Trinajstić information content (AvgIpc) is 2.30. The molecule has 0 amide bonds. The van der Waals surface area contributed by atoms with Crippen LogP contribution in [0.5, 0.6) is 0 Å². The molecule has 0 spiro atoms. The summed E-state index contributed by atoms with van der Waals surface area (Å²) in [6.45, 7) is 6.32. The highest BCUT2D eigenvalue weighted by molar-refractivity contribution is 5.75. The first-order valence-corrected chi connectivity index (χ1v) is 7.25. The fourth-order valence-corrected chi connectivity index (χ4v) is 2.00. The number of esters is 1. The summed E-state index contributed by atoms with van der Waals surface area (Å²) in [4.78, 5) is 11.7. The summed E-state index contributed by atoms with van der Waals surface area (Å²) in [7, 11) is 0. The topological polar surface area (TPSA) is 47.6 Å². The van der Waals surface area contributed by atoms with Crippen LogP contribution in [-0.4, -0.2) is 38.4 Å². The molecule has 0 aromatic carbocycles. The molecule has 0 aromatic rings. The van der Waals surface area contributed by atoms with Gasteiger partial charge in [0, 0.05) is 6.61 Å². The summed E-state index contributed by atoms with van der Waals surface area (Å²) in [6.07, 6.45) is 6.19. The van der Waals surface area contributed by atoms with Crippen LogP contribution in [0, 0.1) is 5.92 Å². The van der Waals surface area contributed by atoms with E-state index in [0.717, 1.165) is 31.9 Å². The molecule has 1 fully saturated rings. The number of hydrogen-bond acceptors (Lipinski definition) is 4. The van der Waals surface area contributed by atoms with Crippen LogP contribution in [0.1, 0.15) is 46.0 Å². The molecule has 1 atom stereocenters. The zero-order chi connectivity index (χ0) is 13.2. The molecule has 0 heterocycles. The maximum absolute atomic E-state index is 11.7. The fraction of sp³-hybridized carbons (Fsp3) is 0.929. The Morgan fingerprint density at radius 2 is 2.17 bits per heavy atom. The van der Waals surface area contributed by atoms with Crippen molar-refractivity contribution in [3.05, 3.63) is 0 Å². The molecule has 1 aliphatic carbocycles. The van der Waals surface area contributed by atoms with Crippen molar-refractivity contribution >= 4 is 5.97 Å². The lowest BCUT2D eigenvalue weighted by atomic mass is 9.83. The highest BCUT2D eigenvalue weighted by atomic mass is 16.5. The third-order valence-corrected chi connectivity index (χ3v) is 3.39. The second-order valence-corrected chi connectivity index (χ2v) is 4.92. The first-order valence-electron chi connectivity index (χ1n) is 7.25. The SMILES string of the molecule is CCCNC(COCCC1CCC1)C(=O)OCC. The van der Waals surface area contributed by atoms with E-state index in [9.17, 15) is 4.79 Å². The van der Waals surface area contributed by atoms with Crippen molar-refractivity contribution in [3.8, 4) is 0 Å². The molecule has 1 saturated carbocycles. The number of nitrogens with one attached hydrogen (secondary N) is 1. The van der Waals surface area contributed by atoms with E-state index in [4.69, 9.17) is 9.47 Å². The lowest BCUT2D eigenvalue weighted by molar-refractivity contribution is -0.147. The van der Waals surface area contributed by atoms with Gasteiger partial charge in [0.1, 0.15) is 6.04 Å². The standard InChI is InChI=1S/C14H27NO3/c1-3-9-15-13(14(16)18-4-2)11-17-10-8-12-6-5-7-12/h12-13,15H,3-11H2,1-2H3. The van der Waals surface area contributed by atoms with Crippen LogP contribution in [0.4, 0.5) is 0 Å². The quantitative estimate of drug-likeness (QED) is 0.481. The van der Waals surface area contributed by atoms with Crippen LogP contribution < -0.4 is 5.32 Å². The predicted octanol–water partition coefficient (Wildman–Crippen LogP) is 2.12. The van der Waals surface area contributed by atoms with Crippen LogP contribution >= 0.6 is 0 Å². The molecular weight excluding hydrogens is 230 g/mol. The molecule has 0 saturated heterocycles. The fourth-order valence-electron chi connectivity index (χ4n) is 2.00.